The summed E-state index contributed by atoms with van der Waals surface area (Å²) in [5, 5.41) is 14.1. The molecule has 8 heteroatoms. The molecule has 1 heterocycles. The van der Waals surface area contributed by atoms with Gasteiger partial charge in [-0.1, -0.05) is 29.9 Å². The van der Waals surface area contributed by atoms with E-state index >= 15 is 0 Å². The van der Waals surface area contributed by atoms with E-state index in [9.17, 15) is 9.59 Å². The largest absolute Gasteiger partial charge is 0.318 e. The van der Waals surface area contributed by atoms with E-state index in [0.717, 1.165) is 11.4 Å². The van der Waals surface area contributed by atoms with E-state index in [-0.39, 0.29) is 0 Å². The van der Waals surface area contributed by atoms with Gasteiger partial charge in [0.15, 0.2) is 0 Å². The third-order valence-electron chi connectivity index (χ3n) is 2.30. The molecule has 0 fully saturated rings. The van der Waals surface area contributed by atoms with Crippen molar-refractivity contribution in [3.63, 3.8) is 0 Å². The Morgan fingerprint density at radius 2 is 1.80 bits per heavy atom. The van der Waals surface area contributed by atoms with E-state index < -0.39 is 11.8 Å². The van der Waals surface area contributed by atoms with Gasteiger partial charge >= 0.3 is 11.8 Å². The Labute approximate surface area is 124 Å². The van der Waals surface area contributed by atoms with E-state index in [1.165, 1.54) is 11.3 Å². The molecule has 2 N–H and O–H groups in total. The number of hydrogen-bond donors (Lipinski definition) is 2. The average molecular weight is 311 g/mol. The first kappa shape index (κ1) is 14.4. The molecule has 0 atom stereocenters. The fourth-order valence-corrected chi connectivity index (χ4v) is 2.12. The van der Waals surface area contributed by atoms with Crippen molar-refractivity contribution in [2.24, 2.45) is 0 Å². The van der Waals surface area contributed by atoms with Crippen LogP contribution in [-0.2, 0) is 16.0 Å². The van der Waals surface area contributed by atoms with E-state index in [1.807, 2.05) is 6.92 Å². The lowest BCUT2D eigenvalue weighted by Crippen LogP contribution is -2.29. The zero-order valence-corrected chi connectivity index (χ0v) is 12.1. The predicted octanol–water partition coefficient (Wildman–Crippen LogP) is 2.33. The number of aryl methyl sites for hydroxylation is 1. The van der Waals surface area contributed by atoms with Gasteiger partial charge in [0, 0.05) is 10.7 Å². The number of nitrogens with zero attached hydrogens (tertiary/aromatic N) is 2. The molecule has 2 rings (SSSR count). The highest BCUT2D eigenvalue weighted by molar-refractivity contribution is 7.15. The molecular formula is C12H11ClN4O2S. The second-order valence-corrected chi connectivity index (χ2v) is 5.27. The fraction of sp³-hybridized carbons (Fsp3) is 0.167. The van der Waals surface area contributed by atoms with Gasteiger partial charge in [-0.2, -0.15) is 0 Å². The first-order chi connectivity index (χ1) is 9.58. The van der Waals surface area contributed by atoms with Crippen LogP contribution in [0.25, 0.3) is 0 Å². The lowest BCUT2D eigenvalue weighted by molar-refractivity contribution is -0.133. The SMILES string of the molecule is CCc1nnc(NC(=O)C(=O)Nc2ccc(Cl)cc2)s1. The topological polar surface area (TPSA) is 84.0 Å². The maximum atomic E-state index is 11.7. The summed E-state index contributed by atoms with van der Waals surface area (Å²) in [5.74, 6) is -1.57. The van der Waals surface area contributed by atoms with Crippen LogP contribution in [0.1, 0.15) is 11.9 Å². The summed E-state index contributed by atoms with van der Waals surface area (Å²) in [6, 6.07) is 6.45. The molecule has 0 aliphatic carbocycles. The molecule has 0 bridgehead atoms. The van der Waals surface area contributed by atoms with Crippen LogP contribution in [0.4, 0.5) is 10.8 Å². The highest BCUT2D eigenvalue weighted by Crippen LogP contribution is 2.16. The Bertz CT molecular complexity index is 627. The number of benzene rings is 1. The first-order valence-electron chi connectivity index (χ1n) is 5.78. The summed E-state index contributed by atoms with van der Waals surface area (Å²) in [7, 11) is 0. The zero-order chi connectivity index (χ0) is 14.5. The second kappa shape index (κ2) is 6.44. The molecule has 2 aromatic rings. The van der Waals surface area contributed by atoms with Crippen LogP contribution < -0.4 is 10.6 Å². The minimum atomic E-state index is -0.793. The Morgan fingerprint density at radius 1 is 1.15 bits per heavy atom. The van der Waals surface area contributed by atoms with Crippen LogP contribution in [0.3, 0.4) is 0 Å². The van der Waals surface area contributed by atoms with Crippen LogP contribution >= 0.6 is 22.9 Å². The van der Waals surface area contributed by atoms with E-state index in [1.54, 1.807) is 24.3 Å². The van der Waals surface area contributed by atoms with Gasteiger partial charge in [-0.25, -0.2) is 0 Å². The molecule has 6 nitrogen and oxygen atoms in total. The minimum Gasteiger partial charge on any atom is -0.318 e. The van der Waals surface area contributed by atoms with Crippen molar-refractivity contribution in [2.45, 2.75) is 13.3 Å². The molecule has 0 saturated heterocycles. The molecule has 0 aliphatic rings. The van der Waals surface area contributed by atoms with Gasteiger partial charge in [0.05, 0.1) is 0 Å². The van der Waals surface area contributed by atoms with Crippen molar-refractivity contribution in [3.05, 3.63) is 34.3 Å². The second-order valence-electron chi connectivity index (χ2n) is 3.77. The molecule has 0 radical (unpaired) electrons. The number of rotatable bonds is 3. The Balaban J connectivity index is 1.95. The molecule has 0 unspecified atom stereocenters. The molecule has 0 aliphatic heterocycles. The van der Waals surface area contributed by atoms with Crippen LogP contribution in [0.2, 0.25) is 5.02 Å². The Hall–Kier alpha value is -1.99. The predicted molar refractivity (Wildman–Crippen MR) is 78.0 cm³/mol. The molecule has 2 amide bonds. The maximum absolute atomic E-state index is 11.7. The van der Waals surface area contributed by atoms with Gasteiger partial charge in [-0.3, -0.25) is 14.9 Å². The summed E-state index contributed by atoms with van der Waals surface area (Å²) in [6.07, 6.45) is 0.727. The number of carbonyl (C=O) groups excluding carboxylic acids is 2. The highest BCUT2D eigenvalue weighted by Gasteiger charge is 2.16. The molecular weight excluding hydrogens is 300 g/mol. The van der Waals surface area contributed by atoms with E-state index in [4.69, 9.17) is 11.6 Å². The molecule has 1 aromatic carbocycles. The quantitative estimate of drug-likeness (QED) is 0.852. The van der Waals surface area contributed by atoms with Crippen molar-refractivity contribution in [3.8, 4) is 0 Å². The normalized spacial score (nSPS) is 10.1. The molecule has 20 heavy (non-hydrogen) atoms. The Morgan fingerprint density at radius 3 is 2.40 bits per heavy atom. The van der Waals surface area contributed by atoms with Crippen molar-refractivity contribution < 1.29 is 9.59 Å². The standard InChI is InChI=1S/C12H11ClN4O2S/c1-2-9-16-17-12(20-9)15-11(19)10(18)14-8-5-3-7(13)4-6-8/h3-6H,2H2,1H3,(H,14,18)(H,15,17,19). The van der Waals surface area contributed by atoms with Gasteiger partial charge in [-0.15, -0.1) is 10.2 Å². The molecule has 104 valence electrons. The minimum absolute atomic E-state index is 0.304. The van der Waals surface area contributed by atoms with Crippen molar-refractivity contribution in [1.29, 1.82) is 0 Å². The summed E-state index contributed by atoms with van der Waals surface area (Å²) >= 11 is 6.96. The average Bonchev–Trinajstić information content (AvgIpc) is 2.89. The number of halogens is 1. The monoisotopic (exact) mass is 310 g/mol. The number of carbonyl (C=O) groups is 2. The lowest BCUT2D eigenvalue weighted by atomic mass is 10.3. The van der Waals surface area contributed by atoms with E-state index in [0.29, 0.717) is 15.8 Å². The highest BCUT2D eigenvalue weighted by atomic mass is 35.5. The smallest absolute Gasteiger partial charge is 0.315 e. The number of amides is 2. The fourth-order valence-electron chi connectivity index (χ4n) is 1.32. The zero-order valence-electron chi connectivity index (χ0n) is 10.5. The number of aromatic nitrogens is 2. The van der Waals surface area contributed by atoms with E-state index in [2.05, 4.69) is 20.8 Å². The third kappa shape index (κ3) is 3.75. The van der Waals surface area contributed by atoms with Crippen molar-refractivity contribution in [2.75, 3.05) is 10.6 Å². The summed E-state index contributed by atoms with van der Waals surface area (Å²) in [5.41, 5.74) is 0.487. The Kier molecular flexibility index (Phi) is 4.65. The number of anilines is 2. The van der Waals surface area contributed by atoms with Gasteiger partial charge in [0.25, 0.3) is 0 Å². The number of hydrogen-bond acceptors (Lipinski definition) is 5. The van der Waals surface area contributed by atoms with Crippen LogP contribution in [0.5, 0.6) is 0 Å². The van der Waals surface area contributed by atoms with Crippen LogP contribution in [0, 0.1) is 0 Å². The van der Waals surface area contributed by atoms with Crippen molar-refractivity contribution >= 4 is 45.6 Å². The molecule has 0 spiro atoms. The van der Waals surface area contributed by atoms with Gasteiger partial charge in [-0.05, 0) is 30.7 Å². The van der Waals surface area contributed by atoms with Crippen LogP contribution in [-0.4, -0.2) is 22.0 Å². The van der Waals surface area contributed by atoms with Crippen molar-refractivity contribution in [1.82, 2.24) is 10.2 Å². The van der Waals surface area contributed by atoms with Gasteiger partial charge < -0.3 is 5.32 Å². The lowest BCUT2D eigenvalue weighted by Gasteiger charge is -2.04. The first-order valence-corrected chi connectivity index (χ1v) is 6.98. The summed E-state index contributed by atoms with van der Waals surface area (Å²) in [4.78, 5) is 23.3. The van der Waals surface area contributed by atoms with Gasteiger partial charge in [0.2, 0.25) is 5.13 Å². The summed E-state index contributed by atoms with van der Waals surface area (Å²) in [6.45, 7) is 1.93. The maximum Gasteiger partial charge on any atom is 0.315 e. The van der Waals surface area contributed by atoms with Crippen LogP contribution in [0.15, 0.2) is 24.3 Å². The molecule has 1 aromatic heterocycles. The summed E-state index contributed by atoms with van der Waals surface area (Å²) < 4.78 is 0. The molecule has 0 saturated carbocycles. The third-order valence-corrected chi connectivity index (χ3v) is 3.53. The van der Waals surface area contributed by atoms with Gasteiger partial charge in [0.1, 0.15) is 5.01 Å². The number of nitrogens with one attached hydrogen (secondary N) is 2.